The Morgan fingerprint density at radius 1 is 1.54 bits per heavy atom. The molecule has 0 saturated carbocycles. The van der Waals surface area contributed by atoms with Crippen LogP contribution in [0.4, 0.5) is 4.39 Å². The first kappa shape index (κ1) is 12.2. The fraction of sp³-hybridized carbons (Fsp3) is 0.889. The molecule has 0 radical (unpaired) electrons. The number of aliphatic imine (C=N–C) groups is 1. The number of nitrogens with zero attached hydrogens (tertiary/aromatic N) is 1. The maximum absolute atomic E-state index is 11.7. The lowest BCUT2D eigenvalue weighted by Gasteiger charge is -2.16. The zero-order valence-corrected chi connectivity index (χ0v) is 8.52. The lowest BCUT2D eigenvalue weighted by Crippen LogP contribution is -2.39. The second-order valence-corrected chi connectivity index (χ2v) is 2.99. The molecule has 0 amide bonds. The van der Waals surface area contributed by atoms with Gasteiger partial charge in [-0.25, -0.2) is 4.39 Å². The highest BCUT2D eigenvalue weighted by Gasteiger charge is 2.04. The molecule has 0 saturated heterocycles. The quantitative estimate of drug-likeness (QED) is 0.490. The van der Waals surface area contributed by atoms with Crippen LogP contribution in [0.3, 0.4) is 0 Å². The van der Waals surface area contributed by atoms with Gasteiger partial charge in [-0.05, 0) is 12.8 Å². The molecule has 0 aromatic carbocycles. The molecule has 0 heterocycles. The minimum Gasteiger partial charge on any atom is -0.370 e. The van der Waals surface area contributed by atoms with Crippen molar-refractivity contribution in [3.8, 4) is 0 Å². The Bertz CT molecular complexity index is 148. The van der Waals surface area contributed by atoms with E-state index in [-0.39, 0.29) is 6.54 Å². The van der Waals surface area contributed by atoms with Crippen LogP contribution in [-0.4, -0.2) is 25.2 Å². The summed E-state index contributed by atoms with van der Waals surface area (Å²) in [7, 11) is 0. The predicted molar refractivity (Wildman–Crippen MR) is 54.6 cm³/mol. The van der Waals surface area contributed by atoms with Crippen LogP contribution in [0.25, 0.3) is 0 Å². The number of guanidine groups is 1. The van der Waals surface area contributed by atoms with E-state index >= 15 is 0 Å². The molecule has 0 aliphatic rings. The molecule has 3 nitrogen and oxygen atoms in total. The van der Waals surface area contributed by atoms with Crippen LogP contribution >= 0.6 is 0 Å². The second kappa shape index (κ2) is 7.83. The highest BCUT2D eigenvalue weighted by Crippen LogP contribution is 1.99. The van der Waals surface area contributed by atoms with Crippen molar-refractivity contribution in [2.75, 3.05) is 13.2 Å². The zero-order chi connectivity index (χ0) is 10.1. The molecule has 0 aromatic heterocycles. The minimum atomic E-state index is -0.451. The van der Waals surface area contributed by atoms with E-state index in [1.54, 1.807) is 0 Å². The van der Waals surface area contributed by atoms with Gasteiger partial charge >= 0.3 is 0 Å². The van der Waals surface area contributed by atoms with Crippen LogP contribution in [-0.2, 0) is 0 Å². The van der Waals surface area contributed by atoms with Gasteiger partial charge in [-0.3, -0.25) is 4.99 Å². The summed E-state index contributed by atoms with van der Waals surface area (Å²) in [6.07, 6.45) is 3.20. The lowest BCUT2D eigenvalue weighted by molar-refractivity contribution is 0.500. The number of halogens is 1. The number of alkyl halides is 1. The van der Waals surface area contributed by atoms with Crippen molar-refractivity contribution in [1.29, 1.82) is 0 Å². The molecule has 0 fully saturated rings. The van der Waals surface area contributed by atoms with E-state index in [9.17, 15) is 4.39 Å². The molecule has 0 aliphatic heterocycles. The van der Waals surface area contributed by atoms with Crippen LogP contribution in [0.15, 0.2) is 4.99 Å². The largest absolute Gasteiger partial charge is 0.370 e. The van der Waals surface area contributed by atoms with Gasteiger partial charge in [0.2, 0.25) is 0 Å². The first-order valence-corrected chi connectivity index (χ1v) is 4.87. The minimum absolute atomic E-state index is 0.154. The average molecular weight is 189 g/mol. The monoisotopic (exact) mass is 189 g/mol. The molecular formula is C9H20FN3. The van der Waals surface area contributed by atoms with E-state index in [1.165, 1.54) is 0 Å². The van der Waals surface area contributed by atoms with Gasteiger partial charge in [-0.15, -0.1) is 0 Å². The first-order chi connectivity index (χ1) is 6.24. The molecule has 0 bridgehead atoms. The molecule has 1 unspecified atom stereocenters. The predicted octanol–water partition coefficient (Wildman–Crippen LogP) is 1.44. The van der Waals surface area contributed by atoms with Crippen LogP contribution in [0.5, 0.6) is 0 Å². The third kappa shape index (κ3) is 6.37. The number of hydrogen-bond donors (Lipinski definition) is 2. The Labute approximate surface area is 79.6 Å². The number of hydrogen-bond acceptors (Lipinski definition) is 1. The smallest absolute Gasteiger partial charge is 0.188 e. The molecule has 0 rings (SSSR count). The van der Waals surface area contributed by atoms with Gasteiger partial charge < -0.3 is 11.1 Å². The molecule has 13 heavy (non-hydrogen) atoms. The van der Waals surface area contributed by atoms with E-state index in [0.29, 0.717) is 12.0 Å². The fourth-order valence-corrected chi connectivity index (χ4v) is 1.14. The first-order valence-electron chi connectivity index (χ1n) is 4.87. The maximum atomic E-state index is 11.7. The Morgan fingerprint density at radius 3 is 2.69 bits per heavy atom. The van der Waals surface area contributed by atoms with Gasteiger partial charge in [-0.2, -0.15) is 0 Å². The molecule has 4 heteroatoms. The van der Waals surface area contributed by atoms with E-state index < -0.39 is 6.67 Å². The summed E-state index contributed by atoms with van der Waals surface area (Å²) in [5, 5.41) is 3.06. The summed E-state index contributed by atoms with van der Waals surface area (Å²) in [6.45, 7) is 3.92. The van der Waals surface area contributed by atoms with Crippen LogP contribution in [0.1, 0.15) is 33.1 Å². The number of rotatable bonds is 6. The van der Waals surface area contributed by atoms with E-state index in [0.717, 1.165) is 19.3 Å². The van der Waals surface area contributed by atoms with Gasteiger partial charge in [0.1, 0.15) is 6.67 Å². The Balaban J connectivity index is 3.77. The maximum Gasteiger partial charge on any atom is 0.188 e. The highest BCUT2D eigenvalue weighted by molar-refractivity contribution is 5.78. The number of nitrogens with two attached hydrogens (primary N) is 1. The van der Waals surface area contributed by atoms with Gasteiger partial charge in [0.25, 0.3) is 0 Å². The van der Waals surface area contributed by atoms with Gasteiger partial charge in [-0.1, -0.05) is 20.3 Å². The lowest BCUT2D eigenvalue weighted by atomic mass is 10.1. The molecular weight excluding hydrogens is 169 g/mol. The summed E-state index contributed by atoms with van der Waals surface area (Å²) in [4.78, 5) is 3.82. The van der Waals surface area contributed by atoms with Crippen LogP contribution in [0.2, 0.25) is 0 Å². The summed E-state index contributed by atoms with van der Waals surface area (Å²) in [6, 6.07) is 0.369. The second-order valence-electron chi connectivity index (χ2n) is 2.99. The van der Waals surface area contributed by atoms with Crippen molar-refractivity contribution in [3.05, 3.63) is 0 Å². The molecule has 78 valence electrons. The van der Waals surface area contributed by atoms with E-state index in [2.05, 4.69) is 24.2 Å². The topological polar surface area (TPSA) is 50.4 Å². The van der Waals surface area contributed by atoms with Gasteiger partial charge in [0.15, 0.2) is 5.96 Å². The summed E-state index contributed by atoms with van der Waals surface area (Å²) >= 11 is 0. The molecule has 0 spiro atoms. The van der Waals surface area contributed by atoms with Gasteiger partial charge in [0.05, 0.1) is 6.54 Å². The molecule has 0 aromatic rings. The van der Waals surface area contributed by atoms with E-state index in [4.69, 9.17) is 5.73 Å². The average Bonchev–Trinajstić information content (AvgIpc) is 2.14. The normalized spacial score (nSPS) is 14.2. The van der Waals surface area contributed by atoms with Crippen molar-refractivity contribution in [1.82, 2.24) is 5.32 Å². The molecule has 1 atom stereocenters. The third-order valence-corrected chi connectivity index (χ3v) is 1.85. The standard InChI is InChI=1S/C9H20FN3/c1-3-5-8(4-2)13-9(11)12-7-6-10/h8H,3-7H2,1-2H3,(H3,11,12,13). The van der Waals surface area contributed by atoms with Gasteiger partial charge in [0, 0.05) is 6.04 Å². The summed E-state index contributed by atoms with van der Waals surface area (Å²) in [5.41, 5.74) is 5.54. The van der Waals surface area contributed by atoms with Crippen molar-refractivity contribution in [2.24, 2.45) is 10.7 Å². The SMILES string of the molecule is CCCC(CC)NC(N)=NCCF. The Morgan fingerprint density at radius 2 is 2.23 bits per heavy atom. The van der Waals surface area contributed by atoms with Crippen molar-refractivity contribution in [3.63, 3.8) is 0 Å². The Hall–Kier alpha value is -0.800. The van der Waals surface area contributed by atoms with E-state index in [1.807, 2.05) is 0 Å². The van der Waals surface area contributed by atoms with Crippen molar-refractivity contribution >= 4 is 5.96 Å². The van der Waals surface area contributed by atoms with Crippen LogP contribution in [0, 0.1) is 0 Å². The summed E-state index contributed by atoms with van der Waals surface area (Å²) < 4.78 is 11.7. The zero-order valence-electron chi connectivity index (χ0n) is 8.52. The summed E-state index contributed by atoms with van der Waals surface area (Å²) in [5.74, 6) is 0.359. The fourth-order valence-electron chi connectivity index (χ4n) is 1.14. The third-order valence-electron chi connectivity index (χ3n) is 1.85. The molecule has 0 aliphatic carbocycles. The van der Waals surface area contributed by atoms with Crippen LogP contribution < -0.4 is 11.1 Å². The highest BCUT2D eigenvalue weighted by atomic mass is 19.1. The number of nitrogens with one attached hydrogen (secondary N) is 1. The van der Waals surface area contributed by atoms with Crippen molar-refractivity contribution in [2.45, 2.75) is 39.2 Å². The molecule has 3 N–H and O–H groups in total. The van der Waals surface area contributed by atoms with Crippen molar-refractivity contribution < 1.29 is 4.39 Å². The Kier molecular flexibility index (Phi) is 7.35.